The lowest BCUT2D eigenvalue weighted by atomic mass is 9.88. The number of likely N-dealkylation sites (N-methyl/N-ethyl adjacent to an activating group) is 1. The molecule has 2 rings (SSSR count). The number of carbonyl (C=O) groups excluding carboxylic acids is 1. The summed E-state index contributed by atoms with van der Waals surface area (Å²) in [5.74, 6) is 0.575. The minimum atomic E-state index is 0.0198. The third-order valence-corrected chi connectivity index (χ3v) is 4.56. The molecule has 0 aromatic rings. The van der Waals surface area contributed by atoms with E-state index in [1.165, 1.54) is 12.8 Å². The Morgan fingerprint density at radius 2 is 2.06 bits per heavy atom. The molecule has 0 radical (unpaired) electrons. The maximum absolute atomic E-state index is 12.5. The van der Waals surface area contributed by atoms with Gasteiger partial charge in [0.05, 0.1) is 18.1 Å². The molecule has 0 aliphatic carbocycles. The van der Waals surface area contributed by atoms with E-state index in [0.717, 1.165) is 13.1 Å². The van der Waals surface area contributed by atoms with E-state index in [2.05, 4.69) is 19.2 Å². The fourth-order valence-electron chi connectivity index (χ4n) is 3.28. The Hall–Kier alpha value is -0.610. The molecule has 1 amide bonds. The van der Waals surface area contributed by atoms with Crippen molar-refractivity contribution in [3.05, 3.63) is 0 Å². The van der Waals surface area contributed by atoms with Crippen LogP contribution in [0.25, 0.3) is 0 Å². The van der Waals surface area contributed by atoms with Gasteiger partial charge in [-0.3, -0.25) is 4.79 Å². The van der Waals surface area contributed by atoms with Crippen molar-refractivity contribution in [2.75, 3.05) is 20.1 Å². The number of amides is 1. The number of hydrogen-bond donors (Lipinski definition) is 1. The monoisotopic (exact) mass is 254 g/mol. The van der Waals surface area contributed by atoms with E-state index in [4.69, 9.17) is 4.74 Å². The second-order valence-corrected chi connectivity index (χ2v) is 5.94. The Morgan fingerprint density at radius 1 is 1.33 bits per heavy atom. The molecule has 2 fully saturated rings. The van der Waals surface area contributed by atoms with Crippen molar-refractivity contribution in [3.8, 4) is 0 Å². The Kier molecular flexibility index (Phi) is 4.28. The van der Waals surface area contributed by atoms with Crippen LogP contribution in [0.4, 0.5) is 0 Å². The maximum Gasteiger partial charge on any atom is 0.228 e. The zero-order chi connectivity index (χ0) is 13.3. The van der Waals surface area contributed by atoms with Gasteiger partial charge in [0, 0.05) is 19.6 Å². The van der Waals surface area contributed by atoms with Crippen molar-refractivity contribution in [2.45, 2.75) is 51.9 Å². The summed E-state index contributed by atoms with van der Waals surface area (Å²) in [7, 11) is 1.92. The molecule has 0 aromatic heterocycles. The van der Waals surface area contributed by atoms with Crippen LogP contribution in [0.5, 0.6) is 0 Å². The predicted octanol–water partition coefficient (Wildman–Crippen LogP) is 1.26. The maximum atomic E-state index is 12.5. The van der Waals surface area contributed by atoms with Crippen LogP contribution in [0.15, 0.2) is 0 Å². The highest BCUT2D eigenvalue weighted by Gasteiger charge is 2.42. The predicted molar refractivity (Wildman–Crippen MR) is 71.3 cm³/mol. The molecule has 0 aromatic carbocycles. The average molecular weight is 254 g/mol. The largest absolute Gasteiger partial charge is 0.374 e. The zero-order valence-corrected chi connectivity index (χ0v) is 12.0. The fourth-order valence-corrected chi connectivity index (χ4v) is 3.28. The van der Waals surface area contributed by atoms with Gasteiger partial charge in [0.25, 0.3) is 0 Å². The molecule has 1 N–H and O–H groups in total. The van der Waals surface area contributed by atoms with E-state index in [1.807, 2.05) is 18.9 Å². The topological polar surface area (TPSA) is 41.6 Å². The molecular formula is C14H26N2O2. The summed E-state index contributed by atoms with van der Waals surface area (Å²) in [6.45, 7) is 8.11. The van der Waals surface area contributed by atoms with E-state index < -0.39 is 0 Å². The fraction of sp³-hybridized carbons (Fsp3) is 0.929. The number of carbonyl (C=O) groups is 1. The van der Waals surface area contributed by atoms with Crippen LogP contribution in [0.3, 0.4) is 0 Å². The minimum Gasteiger partial charge on any atom is -0.374 e. The molecular weight excluding hydrogens is 228 g/mol. The highest BCUT2D eigenvalue weighted by Crippen LogP contribution is 2.33. The molecule has 0 bridgehead atoms. The summed E-state index contributed by atoms with van der Waals surface area (Å²) in [5, 5.41) is 3.44. The van der Waals surface area contributed by atoms with Crippen molar-refractivity contribution < 1.29 is 9.53 Å². The second kappa shape index (κ2) is 5.57. The Balaban J connectivity index is 1.93. The van der Waals surface area contributed by atoms with Gasteiger partial charge in [-0.25, -0.2) is 0 Å². The summed E-state index contributed by atoms with van der Waals surface area (Å²) >= 11 is 0. The smallest absolute Gasteiger partial charge is 0.228 e. The molecule has 4 nitrogen and oxygen atoms in total. The molecule has 2 aliphatic rings. The third kappa shape index (κ3) is 2.69. The zero-order valence-electron chi connectivity index (χ0n) is 12.0. The van der Waals surface area contributed by atoms with E-state index in [9.17, 15) is 4.79 Å². The van der Waals surface area contributed by atoms with E-state index in [1.54, 1.807) is 0 Å². The van der Waals surface area contributed by atoms with Crippen LogP contribution in [0.2, 0.25) is 0 Å². The van der Waals surface area contributed by atoms with Crippen molar-refractivity contribution in [1.82, 2.24) is 10.2 Å². The summed E-state index contributed by atoms with van der Waals surface area (Å²) < 4.78 is 5.76. The Bertz CT molecular complexity index is 302. The van der Waals surface area contributed by atoms with Crippen LogP contribution in [0.1, 0.15) is 33.6 Å². The van der Waals surface area contributed by atoms with E-state index >= 15 is 0 Å². The number of hydrogen-bond acceptors (Lipinski definition) is 3. The van der Waals surface area contributed by atoms with Gasteiger partial charge in [0.2, 0.25) is 5.91 Å². The molecule has 2 saturated heterocycles. The quantitative estimate of drug-likeness (QED) is 0.824. The van der Waals surface area contributed by atoms with E-state index in [-0.39, 0.29) is 24.0 Å². The van der Waals surface area contributed by atoms with Crippen molar-refractivity contribution in [3.63, 3.8) is 0 Å². The third-order valence-electron chi connectivity index (χ3n) is 4.56. The second-order valence-electron chi connectivity index (χ2n) is 5.94. The highest BCUT2D eigenvalue weighted by atomic mass is 16.5. The first-order valence-electron chi connectivity index (χ1n) is 7.14. The van der Waals surface area contributed by atoms with Crippen molar-refractivity contribution >= 4 is 5.91 Å². The minimum absolute atomic E-state index is 0.0198. The van der Waals surface area contributed by atoms with E-state index in [0.29, 0.717) is 12.0 Å². The first-order valence-corrected chi connectivity index (χ1v) is 7.14. The molecule has 104 valence electrons. The SMILES string of the molecule is CC1OC(C)C(C(=O)N(C)CC2CCCN2)C1C. The summed E-state index contributed by atoms with van der Waals surface area (Å²) in [4.78, 5) is 14.4. The molecule has 4 heteroatoms. The number of nitrogens with zero attached hydrogens (tertiary/aromatic N) is 1. The molecule has 0 spiro atoms. The van der Waals surface area contributed by atoms with Crippen molar-refractivity contribution in [2.24, 2.45) is 11.8 Å². The lowest BCUT2D eigenvalue weighted by Gasteiger charge is -2.27. The molecule has 5 unspecified atom stereocenters. The summed E-state index contributed by atoms with van der Waals surface area (Å²) in [6, 6.07) is 0.476. The molecule has 5 atom stereocenters. The number of nitrogens with one attached hydrogen (secondary N) is 1. The van der Waals surface area contributed by atoms with Gasteiger partial charge in [0.15, 0.2) is 0 Å². The first-order chi connectivity index (χ1) is 8.50. The van der Waals surface area contributed by atoms with Crippen LogP contribution in [-0.4, -0.2) is 49.2 Å². The van der Waals surface area contributed by atoms with Gasteiger partial charge in [-0.2, -0.15) is 0 Å². The highest BCUT2D eigenvalue weighted by molar-refractivity contribution is 5.79. The molecule has 2 heterocycles. The van der Waals surface area contributed by atoms with Crippen LogP contribution in [-0.2, 0) is 9.53 Å². The van der Waals surface area contributed by atoms with Crippen LogP contribution in [0, 0.1) is 11.8 Å². The normalized spacial score (nSPS) is 40.1. The van der Waals surface area contributed by atoms with Gasteiger partial charge >= 0.3 is 0 Å². The van der Waals surface area contributed by atoms with Gasteiger partial charge in [-0.15, -0.1) is 0 Å². The van der Waals surface area contributed by atoms with Crippen molar-refractivity contribution in [1.29, 1.82) is 0 Å². The van der Waals surface area contributed by atoms with Crippen LogP contribution >= 0.6 is 0 Å². The Morgan fingerprint density at radius 3 is 2.56 bits per heavy atom. The van der Waals surface area contributed by atoms with Gasteiger partial charge in [0.1, 0.15) is 0 Å². The molecule has 18 heavy (non-hydrogen) atoms. The Labute approximate surface area is 110 Å². The van der Waals surface area contributed by atoms with Gasteiger partial charge in [-0.1, -0.05) is 6.92 Å². The summed E-state index contributed by atoms with van der Waals surface area (Å²) in [5.41, 5.74) is 0. The van der Waals surface area contributed by atoms with Gasteiger partial charge < -0.3 is 15.0 Å². The standard InChI is InChI=1S/C14H26N2O2/c1-9-10(2)18-11(3)13(9)14(17)16(4)8-12-6-5-7-15-12/h9-13,15H,5-8H2,1-4H3. The average Bonchev–Trinajstić information content (AvgIpc) is 2.88. The summed E-state index contributed by atoms with van der Waals surface area (Å²) in [6.07, 6.45) is 2.64. The molecule has 0 saturated carbocycles. The number of rotatable bonds is 3. The lowest BCUT2D eigenvalue weighted by Crippen LogP contribution is -2.44. The van der Waals surface area contributed by atoms with Gasteiger partial charge in [-0.05, 0) is 39.2 Å². The van der Waals surface area contributed by atoms with Crippen LogP contribution < -0.4 is 5.32 Å². The number of ether oxygens (including phenoxy) is 1. The lowest BCUT2D eigenvalue weighted by molar-refractivity contribution is -0.136. The first kappa shape index (κ1) is 13.8. The molecule has 2 aliphatic heterocycles.